The van der Waals surface area contributed by atoms with E-state index in [1.165, 1.54) is 24.2 Å². The van der Waals surface area contributed by atoms with Crippen LogP contribution < -0.4 is 5.32 Å². The lowest BCUT2D eigenvalue weighted by Gasteiger charge is -2.19. The van der Waals surface area contributed by atoms with Crippen molar-refractivity contribution in [2.24, 2.45) is 5.92 Å². The fourth-order valence-corrected chi connectivity index (χ4v) is 5.17. The summed E-state index contributed by atoms with van der Waals surface area (Å²) in [7, 11) is -3.28. The van der Waals surface area contributed by atoms with Crippen LogP contribution in [0.25, 0.3) is 0 Å². The maximum Gasteiger partial charge on any atom is 0.252 e. The molecule has 1 aliphatic carbocycles. The van der Waals surface area contributed by atoms with E-state index in [1.54, 1.807) is 10.4 Å². The molecule has 1 saturated carbocycles. The number of sulfonamides is 1. The number of hydrogen-bond acceptors (Lipinski definition) is 4. The average Bonchev–Trinajstić information content (AvgIpc) is 3.12. The zero-order valence-electron chi connectivity index (χ0n) is 12.3. The summed E-state index contributed by atoms with van der Waals surface area (Å²) in [5, 5.41) is 3.26. The van der Waals surface area contributed by atoms with Crippen LogP contribution in [0.3, 0.4) is 0 Å². The second kappa shape index (κ2) is 7.02. The van der Waals surface area contributed by atoms with E-state index in [9.17, 15) is 8.42 Å². The van der Waals surface area contributed by atoms with Crippen LogP contribution in [0.5, 0.6) is 0 Å². The van der Waals surface area contributed by atoms with E-state index in [1.807, 2.05) is 13.0 Å². The predicted octanol–water partition coefficient (Wildman–Crippen LogP) is 2.32. The van der Waals surface area contributed by atoms with Crippen LogP contribution in [0.4, 0.5) is 0 Å². The smallest absolute Gasteiger partial charge is 0.252 e. The van der Waals surface area contributed by atoms with Crippen molar-refractivity contribution in [3.63, 3.8) is 0 Å². The molecule has 1 N–H and O–H groups in total. The molecule has 0 radical (unpaired) electrons. The molecular formula is C14H24N2O2S2. The third kappa shape index (κ3) is 4.04. The summed E-state index contributed by atoms with van der Waals surface area (Å²) in [5.41, 5.74) is 0. The molecule has 20 heavy (non-hydrogen) atoms. The highest BCUT2D eigenvalue weighted by molar-refractivity contribution is 7.91. The first-order valence-electron chi connectivity index (χ1n) is 7.37. The lowest BCUT2D eigenvalue weighted by Crippen LogP contribution is -2.32. The molecule has 2 rings (SSSR count). The molecule has 114 valence electrons. The summed E-state index contributed by atoms with van der Waals surface area (Å²) in [6, 6.07) is 3.71. The fraction of sp³-hybridized carbons (Fsp3) is 0.714. The van der Waals surface area contributed by atoms with Gasteiger partial charge in [-0.1, -0.05) is 13.8 Å². The van der Waals surface area contributed by atoms with Gasteiger partial charge >= 0.3 is 0 Å². The van der Waals surface area contributed by atoms with Crippen LogP contribution in [0.2, 0.25) is 0 Å². The maximum atomic E-state index is 12.6. The van der Waals surface area contributed by atoms with Gasteiger partial charge in [-0.2, -0.15) is 4.31 Å². The molecule has 0 atom stereocenters. The molecule has 1 fully saturated rings. The highest BCUT2D eigenvalue weighted by Crippen LogP contribution is 2.32. The van der Waals surface area contributed by atoms with Gasteiger partial charge in [0.05, 0.1) is 0 Å². The molecule has 4 nitrogen and oxygen atoms in total. The minimum absolute atomic E-state index is 0.492. The summed E-state index contributed by atoms with van der Waals surface area (Å²) < 4.78 is 27.3. The van der Waals surface area contributed by atoms with Gasteiger partial charge in [-0.05, 0) is 50.4 Å². The molecule has 0 aromatic carbocycles. The number of likely N-dealkylation sites (N-methyl/N-ethyl adjacent to an activating group) is 1. The third-order valence-electron chi connectivity index (χ3n) is 3.54. The Bertz CT molecular complexity index is 521. The van der Waals surface area contributed by atoms with E-state index in [-0.39, 0.29) is 0 Å². The number of rotatable bonds is 9. The summed E-state index contributed by atoms with van der Waals surface area (Å²) in [5.74, 6) is 0.581. The molecule has 0 bridgehead atoms. The summed E-state index contributed by atoms with van der Waals surface area (Å²) in [4.78, 5) is 1.13. The van der Waals surface area contributed by atoms with E-state index in [4.69, 9.17) is 0 Å². The van der Waals surface area contributed by atoms with Crippen molar-refractivity contribution >= 4 is 21.4 Å². The van der Waals surface area contributed by atoms with Gasteiger partial charge in [-0.25, -0.2) is 8.42 Å². The maximum absolute atomic E-state index is 12.6. The molecule has 6 heteroatoms. The van der Waals surface area contributed by atoms with Crippen molar-refractivity contribution in [3.8, 4) is 0 Å². The predicted molar refractivity (Wildman–Crippen MR) is 83.7 cm³/mol. The first-order chi connectivity index (χ1) is 9.57. The van der Waals surface area contributed by atoms with Crippen molar-refractivity contribution in [2.45, 2.75) is 37.3 Å². The SMILES string of the molecule is CCNCCc1ccc(S(=O)(=O)N(CC)CC2CC2)s1. The minimum Gasteiger partial charge on any atom is -0.317 e. The number of nitrogens with one attached hydrogen (secondary N) is 1. The number of hydrogen-bond donors (Lipinski definition) is 1. The van der Waals surface area contributed by atoms with E-state index in [2.05, 4.69) is 12.2 Å². The van der Waals surface area contributed by atoms with Gasteiger partial charge in [0.25, 0.3) is 10.0 Å². The second-order valence-electron chi connectivity index (χ2n) is 5.22. The molecule has 1 aromatic heterocycles. The fourth-order valence-electron chi connectivity index (χ4n) is 2.13. The van der Waals surface area contributed by atoms with Crippen LogP contribution in [0.1, 0.15) is 31.6 Å². The largest absolute Gasteiger partial charge is 0.317 e. The van der Waals surface area contributed by atoms with Crippen LogP contribution in [-0.4, -0.2) is 38.9 Å². The van der Waals surface area contributed by atoms with Gasteiger partial charge in [0.1, 0.15) is 4.21 Å². The van der Waals surface area contributed by atoms with Crippen LogP contribution >= 0.6 is 11.3 Å². The first-order valence-corrected chi connectivity index (χ1v) is 9.63. The Labute approximate surface area is 126 Å². The Morgan fingerprint density at radius 1 is 1.35 bits per heavy atom. The Kier molecular flexibility index (Phi) is 5.60. The molecule has 0 unspecified atom stereocenters. The van der Waals surface area contributed by atoms with Gasteiger partial charge in [0.2, 0.25) is 0 Å². The third-order valence-corrected chi connectivity index (χ3v) is 7.09. The average molecular weight is 316 g/mol. The molecule has 0 amide bonds. The first kappa shape index (κ1) is 15.9. The van der Waals surface area contributed by atoms with Crippen molar-refractivity contribution in [2.75, 3.05) is 26.2 Å². The summed E-state index contributed by atoms with van der Waals surface area (Å²) >= 11 is 1.41. The van der Waals surface area contributed by atoms with E-state index < -0.39 is 10.0 Å². The van der Waals surface area contributed by atoms with Crippen molar-refractivity contribution in [1.82, 2.24) is 9.62 Å². The molecule has 0 aliphatic heterocycles. The Hall–Kier alpha value is -0.430. The van der Waals surface area contributed by atoms with Crippen LogP contribution in [0, 0.1) is 5.92 Å². The molecule has 0 spiro atoms. The van der Waals surface area contributed by atoms with Crippen LogP contribution in [-0.2, 0) is 16.4 Å². The lowest BCUT2D eigenvalue weighted by molar-refractivity contribution is 0.413. The number of thiophene rings is 1. The second-order valence-corrected chi connectivity index (χ2v) is 8.56. The Balaban J connectivity index is 2.03. The van der Waals surface area contributed by atoms with Gasteiger partial charge in [0, 0.05) is 18.0 Å². The summed E-state index contributed by atoms with van der Waals surface area (Å²) in [6.45, 7) is 7.07. The van der Waals surface area contributed by atoms with E-state index >= 15 is 0 Å². The molecule has 1 aromatic rings. The van der Waals surface area contributed by atoms with E-state index in [0.29, 0.717) is 23.2 Å². The van der Waals surface area contributed by atoms with E-state index in [0.717, 1.165) is 24.4 Å². The Morgan fingerprint density at radius 3 is 2.70 bits per heavy atom. The highest BCUT2D eigenvalue weighted by Gasteiger charge is 2.31. The summed E-state index contributed by atoms with van der Waals surface area (Å²) in [6.07, 6.45) is 3.23. The van der Waals surface area contributed by atoms with Crippen molar-refractivity contribution < 1.29 is 8.42 Å². The molecule has 1 aliphatic rings. The zero-order valence-corrected chi connectivity index (χ0v) is 13.9. The van der Waals surface area contributed by atoms with Gasteiger partial charge in [0.15, 0.2) is 0 Å². The Morgan fingerprint density at radius 2 is 2.10 bits per heavy atom. The quantitative estimate of drug-likeness (QED) is 0.711. The van der Waals surface area contributed by atoms with Crippen molar-refractivity contribution in [3.05, 3.63) is 17.0 Å². The van der Waals surface area contributed by atoms with Crippen LogP contribution in [0.15, 0.2) is 16.3 Å². The topological polar surface area (TPSA) is 49.4 Å². The van der Waals surface area contributed by atoms with Gasteiger partial charge < -0.3 is 5.32 Å². The molecular weight excluding hydrogens is 292 g/mol. The highest BCUT2D eigenvalue weighted by atomic mass is 32.2. The monoisotopic (exact) mass is 316 g/mol. The number of nitrogens with zero attached hydrogens (tertiary/aromatic N) is 1. The normalized spacial score (nSPS) is 15.9. The lowest BCUT2D eigenvalue weighted by atomic mass is 10.3. The zero-order chi connectivity index (χ0) is 14.6. The molecule has 1 heterocycles. The van der Waals surface area contributed by atoms with Gasteiger partial charge in [-0.15, -0.1) is 11.3 Å². The minimum atomic E-state index is -3.28. The van der Waals surface area contributed by atoms with Crippen molar-refractivity contribution in [1.29, 1.82) is 0 Å². The standard InChI is InChI=1S/C14H24N2O2S2/c1-3-15-10-9-13-7-8-14(19-13)20(17,18)16(4-2)11-12-5-6-12/h7-8,12,15H,3-6,9-11H2,1-2H3. The molecule has 0 saturated heterocycles. The van der Waals surface area contributed by atoms with Gasteiger partial charge in [-0.3, -0.25) is 0 Å².